The molecule has 112 valence electrons. The van der Waals surface area contributed by atoms with E-state index in [0.717, 1.165) is 10.6 Å². The molecule has 1 fully saturated rings. The van der Waals surface area contributed by atoms with Crippen molar-refractivity contribution in [1.82, 2.24) is 9.97 Å². The van der Waals surface area contributed by atoms with Crippen molar-refractivity contribution in [3.63, 3.8) is 0 Å². The van der Waals surface area contributed by atoms with Crippen LogP contribution in [-0.2, 0) is 0 Å². The van der Waals surface area contributed by atoms with E-state index < -0.39 is 0 Å². The molecule has 4 rings (SSSR count). The Bertz CT molecular complexity index is 806. The summed E-state index contributed by atoms with van der Waals surface area (Å²) in [5, 5.41) is 4.90. The molecule has 3 aromatic rings. The number of aryl methyl sites for hydroxylation is 2. The Morgan fingerprint density at radius 2 is 1.91 bits per heavy atom. The molecule has 0 aliphatic heterocycles. The monoisotopic (exact) mass is 309 g/mol. The van der Waals surface area contributed by atoms with Crippen molar-refractivity contribution in [2.24, 2.45) is 5.92 Å². The Kier molecular flexibility index (Phi) is 3.34. The molecule has 1 atom stereocenters. The van der Waals surface area contributed by atoms with Crippen LogP contribution in [0, 0.1) is 19.8 Å². The third kappa shape index (κ3) is 2.37. The Morgan fingerprint density at radius 3 is 2.64 bits per heavy atom. The first kappa shape index (κ1) is 13.7. The molecule has 22 heavy (non-hydrogen) atoms. The first-order valence-corrected chi connectivity index (χ1v) is 8.58. The van der Waals surface area contributed by atoms with Gasteiger partial charge in [0, 0.05) is 4.88 Å². The van der Waals surface area contributed by atoms with Crippen LogP contribution in [0.15, 0.2) is 36.7 Å². The molecule has 2 aromatic heterocycles. The second-order valence-corrected chi connectivity index (χ2v) is 7.26. The first-order valence-electron chi connectivity index (χ1n) is 7.76. The highest BCUT2D eigenvalue weighted by atomic mass is 32.1. The number of nitrogens with one attached hydrogen (secondary N) is 1. The van der Waals surface area contributed by atoms with Gasteiger partial charge in [0.1, 0.15) is 17.0 Å². The highest BCUT2D eigenvalue weighted by molar-refractivity contribution is 7.18. The number of nitrogens with zero attached hydrogens (tertiary/aromatic N) is 2. The van der Waals surface area contributed by atoms with Gasteiger partial charge in [-0.15, -0.1) is 11.3 Å². The fraction of sp³-hybridized carbons (Fsp3) is 0.333. The largest absolute Gasteiger partial charge is 0.362 e. The Balaban J connectivity index is 1.75. The molecule has 0 amide bonds. The van der Waals surface area contributed by atoms with Crippen LogP contribution in [0.5, 0.6) is 0 Å². The summed E-state index contributed by atoms with van der Waals surface area (Å²) < 4.78 is 0. The summed E-state index contributed by atoms with van der Waals surface area (Å²) in [7, 11) is 0. The number of rotatable bonds is 4. The van der Waals surface area contributed by atoms with Gasteiger partial charge < -0.3 is 5.32 Å². The van der Waals surface area contributed by atoms with E-state index in [1.807, 2.05) is 0 Å². The highest BCUT2D eigenvalue weighted by Gasteiger charge is 2.33. The molecule has 1 unspecified atom stereocenters. The van der Waals surface area contributed by atoms with Gasteiger partial charge in [-0.1, -0.05) is 30.3 Å². The van der Waals surface area contributed by atoms with Gasteiger partial charge >= 0.3 is 0 Å². The summed E-state index contributed by atoms with van der Waals surface area (Å²) >= 11 is 1.75. The minimum atomic E-state index is 0.346. The third-order valence-electron chi connectivity index (χ3n) is 4.51. The van der Waals surface area contributed by atoms with E-state index in [9.17, 15) is 0 Å². The number of benzene rings is 1. The summed E-state index contributed by atoms with van der Waals surface area (Å²) in [5.74, 6) is 1.69. The van der Waals surface area contributed by atoms with Crippen LogP contribution in [0.4, 0.5) is 5.82 Å². The molecule has 0 radical (unpaired) electrons. The van der Waals surface area contributed by atoms with Crippen molar-refractivity contribution in [1.29, 1.82) is 0 Å². The van der Waals surface area contributed by atoms with E-state index >= 15 is 0 Å². The maximum atomic E-state index is 4.54. The minimum absolute atomic E-state index is 0.346. The van der Waals surface area contributed by atoms with Gasteiger partial charge in [-0.05, 0) is 43.7 Å². The topological polar surface area (TPSA) is 37.8 Å². The van der Waals surface area contributed by atoms with Crippen LogP contribution in [0.1, 0.15) is 34.9 Å². The van der Waals surface area contributed by atoms with Gasteiger partial charge in [0.05, 0.1) is 11.4 Å². The lowest BCUT2D eigenvalue weighted by Crippen LogP contribution is -2.14. The molecule has 1 aromatic carbocycles. The summed E-state index contributed by atoms with van der Waals surface area (Å²) in [6.45, 7) is 4.32. The summed E-state index contributed by atoms with van der Waals surface area (Å²) in [6.07, 6.45) is 4.26. The normalized spacial score (nSPS) is 15.9. The maximum absolute atomic E-state index is 4.54. The summed E-state index contributed by atoms with van der Waals surface area (Å²) in [5.41, 5.74) is 2.65. The van der Waals surface area contributed by atoms with Gasteiger partial charge in [-0.3, -0.25) is 0 Å². The fourth-order valence-electron chi connectivity index (χ4n) is 3.00. The van der Waals surface area contributed by atoms with Crippen LogP contribution < -0.4 is 5.32 Å². The molecule has 1 aliphatic carbocycles. The van der Waals surface area contributed by atoms with Gasteiger partial charge in [-0.25, -0.2) is 9.97 Å². The lowest BCUT2D eigenvalue weighted by atomic mass is 10.0. The van der Waals surface area contributed by atoms with Crippen LogP contribution >= 0.6 is 11.3 Å². The molecular formula is C18H19N3S. The van der Waals surface area contributed by atoms with E-state index in [4.69, 9.17) is 0 Å². The number of hydrogen-bond acceptors (Lipinski definition) is 4. The number of thiophene rings is 1. The van der Waals surface area contributed by atoms with Crippen LogP contribution in [-0.4, -0.2) is 9.97 Å². The predicted octanol–water partition coefficient (Wildman–Crippen LogP) is 4.87. The van der Waals surface area contributed by atoms with Gasteiger partial charge in [0.2, 0.25) is 0 Å². The molecule has 3 nitrogen and oxygen atoms in total. The maximum Gasteiger partial charge on any atom is 0.138 e. The smallest absolute Gasteiger partial charge is 0.138 e. The lowest BCUT2D eigenvalue weighted by Gasteiger charge is -2.20. The van der Waals surface area contributed by atoms with Crippen molar-refractivity contribution in [2.75, 3.05) is 5.32 Å². The quantitative estimate of drug-likeness (QED) is 0.747. The standard InChI is InChI=1S/C18H19N3S/c1-11-12(2)22-18-15(11)17(19-10-20-18)21-16(14-8-9-14)13-6-4-3-5-7-13/h3-7,10,14,16H,8-9H2,1-2H3,(H,19,20,21). The molecule has 0 bridgehead atoms. The summed E-state index contributed by atoms with van der Waals surface area (Å²) in [6, 6.07) is 11.1. The minimum Gasteiger partial charge on any atom is -0.362 e. The molecule has 0 saturated heterocycles. The second kappa shape index (κ2) is 5.36. The van der Waals surface area contributed by atoms with E-state index in [1.54, 1.807) is 17.7 Å². The number of hydrogen-bond donors (Lipinski definition) is 1. The molecule has 2 heterocycles. The zero-order valence-corrected chi connectivity index (χ0v) is 13.7. The van der Waals surface area contributed by atoms with Gasteiger partial charge in [0.15, 0.2) is 0 Å². The van der Waals surface area contributed by atoms with Crippen molar-refractivity contribution in [3.8, 4) is 0 Å². The second-order valence-electron chi connectivity index (χ2n) is 6.06. The van der Waals surface area contributed by atoms with E-state index in [-0.39, 0.29) is 0 Å². The van der Waals surface area contributed by atoms with Crippen molar-refractivity contribution < 1.29 is 0 Å². The molecule has 1 N–H and O–H groups in total. The van der Waals surface area contributed by atoms with E-state index in [0.29, 0.717) is 12.0 Å². The number of fused-ring (bicyclic) bond motifs is 1. The number of aromatic nitrogens is 2. The van der Waals surface area contributed by atoms with Gasteiger partial charge in [-0.2, -0.15) is 0 Å². The van der Waals surface area contributed by atoms with Crippen LogP contribution in [0.2, 0.25) is 0 Å². The Hall–Kier alpha value is -1.94. The van der Waals surface area contributed by atoms with Crippen LogP contribution in [0.3, 0.4) is 0 Å². The SMILES string of the molecule is Cc1sc2ncnc(NC(c3ccccc3)C3CC3)c2c1C. The van der Waals surface area contributed by atoms with Crippen molar-refractivity contribution >= 4 is 27.4 Å². The third-order valence-corrected chi connectivity index (χ3v) is 5.62. The lowest BCUT2D eigenvalue weighted by molar-refractivity contribution is 0.676. The summed E-state index contributed by atoms with van der Waals surface area (Å²) in [4.78, 5) is 11.4. The molecular weight excluding hydrogens is 290 g/mol. The van der Waals surface area contributed by atoms with Gasteiger partial charge in [0.25, 0.3) is 0 Å². The van der Waals surface area contributed by atoms with Crippen molar-refractivity contribution in [2.45, 2.75) is 32.7 Å². The van der Waals surface area contributed by atoms with E-state index in [2.05, 4.69) is 59.5 Å². The Morgan fingerprint density at radius 1 is 1.14 bits per heavy atom. The zero-order valence-electron chi connectivity index (χ0n) is 12.8. The predicted molar refractivity (Wildman–Crippen MR) is 92.4 cm³/mol. The molecule has 1 aliphatic rings. The average Bonchev–Trinajstić information content (AvgIpc) is 3.33. The first-order chi connectivity index (χ1) is 10.7. The number of anilines is 1. The van der Waals surface area contributed by atoms with Crippen LogP contribution in [0.25, 0.3) is 10.2 Å². The highest BCUT2D eigenvalue weighted by Crippen LogP contribution is 2.44. The fourth-order valence-corrected chi connectivity index (χ4v) is 4.00. The molecule has 0 spiro atoms. The molecule has 1 saturated carbocycles. The molecule has 4 heteroatoms. The Labute approximate surface area is 134 Å². The zero-order chi connectivity index (χ0) is 15.1. The van der Waals surface area contributed by atoms with Crippen molar-refractivity contribution in [3.05, 3.63) is 52.7 Å². The van der Waals surface area contributed by atoms with E-state index in [1.165, 1.54) is 34.2 Å². The average molecular weight is 309 g/mol.